The highest BCUT2D eigenvalue weighted by Gasteiger charge is 2.35. The highest BCUT2D eigenvalue weighted by molar-refractivity contribution is 7.07. The third-order valence-corrected chi connectivity index (χ3v) is 8.26. The smallest absolute Gasteiger partial charge is 0.343 e. The Morgan fingerprint density at radius 3 is 2.22 bits per heavy atom. The molecule has 0 N–H and O–H groups in total. The van der Waals surface area contributed by atoms with Gasteiger partial charge in [0.15, 0.2) is 4.80 Å². The molecule has 8 nitrogen and oxygen atoms in total. The van der Waals surface area contributed by atoms with Crippen LogP contribution in [0.3, 0.4) is 0 Å². The lowest BCUT2D eigenvalue weighted by Crippen LogP contribution is -2.40. The normalized spacial score (nSPS) is 14.3. The zero-order chi connectivity index (χ0) is 32.2. The number of hydrogen-bond acceptors (Lipinski definition) is 8. The maximum absolute atomic E-state index is 14.0. The fraction of sp³-hybridized carbons (Fsp3) is 0.111. The number of nitrogens with zero attached hydrogens (tertiary/aromatic N) is 2. The molecule has 0 spiro atoms. The van der Waals surface area contributed by atoms with E-state index >= 15 is 0 Å². The van der Waals surface area contributed by atoms with Gasteiger partial charge in [0.05, 0.1) is 41.1 Å². The van der Waals surface area contributed by atoms with Crippen LogP contribution in [0.5, 0.6) is 11.5 Å². The van der Waals surface area contributed by atoms with E-state index in [1.54, 1.807) is 80.8 Å². The van der Waals surface area contributed by atoms with Crippen molar-refractivity contribution in [1.82, 2.24) is 4.57 Å². The number of esters is 2. The molecular weight excluding hydrogens is 607 g/mol. The van der Waals surface area contributed by atoms with E-state index in [-0.39, 0.29) is 17.7 Å². The molecule has 2 heterocycles. The molecule has 230 valence electrons. The summed E-state index contributed by atoms with van der Waals surface area (Å²) in [5.41, 5.74) is 2.45. The predicted octanol–water partition coefficient (Wildman–Crippen LogP) is 5.30. The minimum atomic E-state index is -0.909. The van der Waals surface area contributed by atoms with E-state index in [1.807, 2.05) is 30.3 Å². The van der Waals surface area contributed by atoms with Crippen molar-refractivity contribution in [1.29, 1.82) is 0 Å². The molecule has 0 aliphatic carbocycles. The van der Waals surface area contributed by atoms with Crippen molar-refractivity contribution in [3.8, 4) is 11.5 Å². The number of halogens is 1. The lowest BCUT2D eigenvalue weighted by Gasteiger charge is -2.25. The van der Waals surface area contributed by atoms with E-state index in [1.165, 1.54) is 28.0 Å². The van der Waals surface area contributed by atoms with Gasteiger partial charge in [0.2, 0.25) is 0 Å². The number of carbonyl (C=O) groups is 2. The van der Waals surface area contributed by atoms with Gasteiger partial charge in [-0.2, -0.15) is 0 Å². The van der Waals surface area contributed by atoms with E-state index in [4.69, 9.17) is 19.2 Å². The molecule has 1 atom stereocenters. The van der Waals surface area contributed by atoms with Crippen molar-refractivity contribution in [2.75, 3.05) is 13.7 Å². The fourth-order valence-corrected chi connectivity index (χ4v) is 6.08. The van der Waals surface area contributed by atoms with Crippen LogP contribution in [0.4, 0.5) is 4.39 Å². The Balaban J connectivity index is 1.41. The first-order valence-corrected chi connectivity index (χ1v) is 15.2. The summed E-state index contributed by atoms with van der Waals surface area (Å²) < 4.78 is 31.9. The summed E-state index contributed by atoms with van der Waals surface area (Å²) in [5, 5.41) is 0. The largest absolute Gasteiger partial charge is 0.497 e. The van der Waals surface area contributed by atoms with Gasteiger partial charge in [-0.25, -0.2) is 19.0 Å². The number of carbonyl (C=O) groups excluding carboxylic acids is 2. The Morgan fingerprint density at radius 1 is 0.891 bits per heavy atom. The van der Waals surface area contributed by atoms with Crippen molar-refractivity contribution in [2.24, 2.45) is 4.99 Å². The topological polar surface area (TPSA) is 96.2 Å². The molecular formula is C36H27FN2O6S. The monoisotopic (exact) mass is 634 g/mol. The molecule has 10 heteroatoms. The van der Waals surface area contributed by atoms with Gasteiger partial charge in [-0.05, 0) is 72.7 Å². The number of ether oxygens (including phenoxy) is 3. The van der Waals surface area contributed by atoms with Gasteiger partial charge in [-0.1, -0.05) is 65.9 Å². The number of hydrogen-bond donors (Lipinski definition) is 0. The zero-order valence-electron chi connectivity index (χ0n) is 24.8. The fourth-order valence-electron chi connectivity index (χ4n) is 5.08. The molecule has 0 fully saturated rings. The van der Waals surface area contributed by atoms with Crippen LogP contribution in [0.2, 0.25) is 0 Å². The highest BCUT2D eigenvalue weighted by atomic mass is 32.1. The highest BCUT2D eigenvalue weighted by Crippen LogP contribution is 2.35. The first kappa shape index (κ1) is 30.4. The lowest BCUT2D eigenvalue weighted by molar-refractivity contribution is -0.138. The van der Waals surface area contributed by atoms with E-state index in [0.717, 1.165) is 0 Å². The van der Waals surface area contributed by atoms with E-state index in [0.29, 0.717) is 48.8 Å². The van der Waals surface area contributed by atoms with E-state index in [2.05, 4.69) is 0 Å². The van der Waals surface area contributed by atoms with Crippen LogP contribution in [0, 0.1) is 5.82 Å². The molecule has 46 heavy (non-hydrogen) atoms. The molecule has 0 radical (unpaired) electrons. The predicted molar refractivity (Wildman–Crippen MR) is 172 cm³/mol. The maximum Gasteiger partial charge on any atom is 0.343 e. The molecule has 1 aromatic heterocycles. The summed E-state index contributed by atoms with van der Waals surface area (Å²) in [5.74, 6) is -0.616. The number of fused-ring (bicyclic) bond motifs is 1. The van der Waals surface area contributed by atoms with Gasteiger partial charge >= 0.3 is 11.9 Å². The van der Waals surface area contributed by atoms with Crippen molar-refractivity contribution in [3.05, 3.63) is 156 Å². The average molecular weight is 635 g/mol. The van der Waals surface area contributed by atoms with E-state index < -0.39 is 23.8 Å². The number of aromatic nitrogens is 1. The molecule has 6 rings (SSSR count). The SMILES string of the molecule is CCOC(=O)C1=C(c2ccccc2)N=c2sc(=Cc3ccc(OC(=O)c4ccc(OC)cc4)cc3)c(=O)n2C1c1ccc(F)cc1. The van der Waals surface area contributed by atoms with Crippen molar-refractivity contribution in [2.45, 2.75) is 13.0 Å². The third-order valence-electron chi connectivity index (χ3n) is 7.27. The molecule has 0 amide bonds. The molecule has 4 aromatic carbocycles. The summed E-state index contributed by atoms with van der Waals surface area (Å²) in [6, 6.07) is 27.3. The standard InChI is InChI=1S/C36H27FN2O6S/c1-3-44-35(42)30-31(23-7-5-4-6-8-23)38-36-39(32(30)24-11-15-26(37)16-12-24)33(40)29(46-36)21-22-9-17-28(18-10-22)45-34(41)25-13-19-27(43-2)20-14-25/h4-21,32H,3H2,1-2H3. The molecule has 0 bridgehead atoms. The van der Waals surface area contributed by atoms with Gasteiger partial charge in [0.25, 0.3) is 5.56 Å². The minimum absolute atomic E-state index is 0.121. The van der Waals surface area contributed by atoms with Gasteiger partial charge < -0.3 is 14.2 Å². The summed E-state index contributed by atoms with van der Waals surface area (Å²) in [6.07, 6.45) is 1.71. The van der Waals surface area contributed by atoms with Gasteiger partial charge in [0, 0.05) is 5.56 Å². The van der Waals surface area contributed by atoms with Crippen molar-refractivity contribution in [3.63, 3.8) is 0 Å². The van der Waals surface area contributed by atoms with Crippen LogP contribution in [0.1, 0.15) is 40.0 Å². The lowest BCUT2D eigenvalue weighted by atomic mass is 9.93. The van der Waals surface area contributed by atoms with Crippen LogP contribution >= 0.6 is 11.3 Å². The number of rotatable bonds is 8. The quantitative estimate of drug-likeness (QED) is 0.170. The van der Waals surface area contributed by atoms with Crippen LogP contribution in [-0.2, 0) is 9.53 Å². The van der Waals surface area contributed by atoms with Crippen molar-refractivity contribution < 1.29 is 28.2 Å². The van der Waals surface area contributed by atoms with Crippen LogP contribution in [0.25, 0.3) is 11.8 Å². The van der Waals surface area contributed by atoms with Gasteiger partial charge in [-0.3, -0.25) is 9.36 Å². The van der Waals surface area contributed by atoms with Crippen LogP contribution in [-0.4, -0.2) is 30.2 Å². The summed E-state index contributed by atoms with van der Waals surface area (Å²) in [7, 11) is 1.55. The van der Waals surface area contributed by atoms with E-state index in [9.17, 15) is 18.8 Å². The Bertz CT molecular complexity index is 2120. The Morgan fingerprint density at radius 2 is 1.57 bits per heavy atom. The second kappa shape index (κ2) is 13.2. The maximum atomic E-state index is 14.0. The molecule has 0 saturated carbocycles. The Kier molecular flexibility index (Phi) is 8.71. The number of benzene rings is 4. The summed E-state index contributed by atoms with van der Waals surface area (Å²) in [6.45, 7) is 1.82. The van der Waals surface area contributed by atoms with Crippen LogP contribution < -0.4 is 24.4 Å². The Labute approximate surface area is 267 Å². The number of thiazole rings is 1. The summed E-state index contributed by atoms with van der Waals surface area (Å²) >= 11 is 1.17. The molecule has 1 unspecified atom stereocenters. The molecule has 5 aromatic rings. The minimum Gasteiger partial charge on any atom is -0.497 e. The van der Waals surface area contributed by atoms with Gasteiger partial charge in [0.1, 0.15) is 17.3 Å². The third kappa shape index (κ3) is 6.15. The van der Waals surface area contributed by atoms with Crippen molar-refractivity contribution >= 4 is 35.0 Å². The summed E-state index contributed by atoms with van der Waals surface area (Å²) in [4.78, 5) is 45.3. The Hall–Kier alpha value is -5.61. The zero-order valence-corrected chi connectivity index (χ0v) is 25.6. The first-order valence-electron chi connectivity index (χ1n) is 14.4. The molecule has 1 aliphatic heterocycles. The second-order valence-corrected chi connectivity index (χ2v) is 11.2. The average Bonchev–Trinajstić information content (AvgIpc) is 3.39. The second-order valence-electron chi connectivity index (χ2n) is 10.2. The number of methoxy groups -OCH3 is 1. The first-order chi connectivity index (χ1) is 22.4. The molecule has 0 saturated heterocycles. The van der Waals surface area contributed by atoms with Gasteiger partial charge in [-0.15, -0.1) is 0 Å². The molecule has 1 aliphatic rings. The van der Waals surface area contributed by atoms with Crippen LogP contribution in [0.15, 0.2) is 118 Å².